The maximum absolute atomic E-state index is 8.44. The van der Waals surface area contributed by atoms with E-state index >= 15 is 0 Å². The number of carboxylic acid groups (broad SMARTS) is 4. The Morgan fingerprint density at radius 2 is 1.00 bits per heavy atom. The van der Waals surface area contributed by atoms with Crippen molar-refractivity contribution in [3.05, 3.63) is 0 Å². The Bertz CT molecular complexity index is 79.5. The number of halogens is 2. The predicted octanol–water partition coefficient (Wildman–Crippen LogP) is -6.90. The van der Waals surface area contributed by atoms with E-state index in [2.05, 4.69) is 0 Å². The first-order valence-corrected chi connectivity index (χ1v) is 1.24. The van der Waals surface area contributed by atoms with Crippen molar-refractivity contribution in [2.45, 2.75) is 0 Å². The Kier molecular flexibility index (Phi) is 91.3. The fourth-order valence-electron chi connectivity index (χ4n) is 0. The molecule has 0 bridgehead atoms. The molecular formula is C2H2Ca2Cl2O6. The smallest absolute Gasteiger partial charge is 1.00 e. The van der Waals surface area contributed by atoms with Crippen LogP contribution in [-0.4, -0.2) is 92.9 Å². The first-order chi connectivity index (χ1) is 3.46. The SMILES string of the molecule is Cl.O=C([O-])O.O=C([O-])[O-].[Ca+2].[Ca+2].[Cl-]. The van der Waals surface area contributed by atoms with E-state index in [1.54, 1.807) is 0 Å². The third kappa shape index (κ3) is 490. The van der Waals surface area contributed by atoms with Gasteiger partial charge in [-0.05, 0) is 6.16 Å². The number of hydrogen-bond donors (Lipinski definition) is 1. The van der Waals surface area contributed by atoms with E-state index in [9.17, 15) is 0 Å². The predicted molar refractivity (Wildman–Crippen MR) is 32.2 cm³/mol. The van der Waals surface area contributed by atoms with Crippen LogP contribution in [0, 0.1) is 0 Å². The third-order valence-electron chi connectivity index (χ3n) is 0. The molecule has 0 aliphatic rings. The van der Waals surface area contributed by atoms with Gasteiger partial charge in [-0.1, -0.05) is 0 Å². The van der Waals surface area contributed by atoms with E-state index in [0.717, 1.165) is 0 Å². The van der Waals surface area contributed by atoms with Crippen LogP contribution in [0.1, 0.15) is 0 Å². The molecule has 6 nitrogen and oxygen atoms in total. The van der Waals surface area contributed by atoms with Gasteiger partial charge in [0.1, 0.15) is 0 Å². The molecule has 0 aromatic heterocycles. The Morgan fingerprint density at radius 1 is 1.00 bits per heavy atom. The molecule has 12 heavy (non-hydrogen) atoms. The molecule has 0 aliphatic heterocycles. The van der Waals surface area contributed by atoms with Crippen LogP contribution in [0.5, 0.6) is 0 Å². The van der Waals surface area contributed by atoms with Crippen molar-refractivity contribution >= 4 is 100 Å². The zero-order valence-corrected chi connectivity index (χ0v) is 11.7. The molecule has 64 valence electrons. The summed E-state index contributed by atoms with van der Waals surface area (Å²) in [6, 6.07) is 0. The molecule has 0 saturated heterocycles. The minimum Gasteiger partial charge on any atom is -1.00 e. The van der Waals surface area contributed by atoms with E-state index in [-0.39, 0.29) is 100 Å². The molecule has 0 spiro atoms. The number of carbonyl (C=O) groups is 2. The second-order valence-corrected chi connectivity index (χ2v) is 0.516. The Balaban J connectivity index is -0.0000000112. The number of carbonyl (C=O) groups excluding carboxylic acids is 1. The molecule has 0 aliphatic carbocycles. The fourth-order valence-corrected chi connectivity index (χ4v) is 0. The average molecular weight is 273 g/mol. The minimum atomic E-state index is -2.33. The van der Waals surface area contributed by atoms with Gasteiger partial charge < -0.3 is 42.4 Å². The number of hydrogen-bond acceptors (Lipinski definition) is 5. The third-order valence-corrected chi connectivity index (χ3v) is 0. The molecule has 0 aromatic carbocycles. The van der Waals surface area contributed by atoms with Crippen LogP contribution in [-0.2, 0) is 0 Å². The quantitative estimate of drug-likeness (QED) is 0.437. The van der Waals surface area contributed by atoms with Gasteiger partial charge >= 0.3 is 75.5 Å². The largest absolute Gasteiger partial charge is 2.00 e. The molecule has 0 rings (SSSR count). The van der Waals surface area contributed by atoms with Crippen molar-refractivity contribution < 1.29 is 42.4 Å². The van der Waals surface area contributed by atoms with Crippen LogP contribution >= 0.6 is 12.4 Å². The van der Waals surface area contributed by atoms with Gasteiger partial charge in [-0.25, -0.2) is 0 Å². The molecule has 0 amide bonds. The van der Waals surface area contributed by atoms with Gasteiger partial charge in [0.25, 0.3) is 0 Å². The summed E-state index contributed by atoms with van der Waals surface area (Å²) < 4.78 is 0. The van der Waals surface area contributed by atoms with Crippen molar-refractivity contribution in [1.29, 1.82) is 0 Å². The van der Waals surface area contributed by atoms with E-state index in [1.165, 1.54) is 0 Å². The van der Waals surface area contributed by atoms with E-state index in [1.807, 2.05) is 0 Å². The Morgan fingerprint density at radius 3 is 1.00 bits per heavy atom. The van der Waals surface area contributed by atoms with Crippen molar-refractivity contribution in [3.63, 3.8) is 0 Å². The van der Waals surface area contributed by atoms with E-state index in [0.29, 0.717) is 0 Å². The summed E-state index contributed by atoms with van der Waals surface area (Å²) in [5, 5.41) is 32.0. The molecule has 0 saturated carbocycles. The Labute approximate surface area is 140 Å². The summed E-state index contributed by atoms with van der Waals surface area (Å²) in [5.41, 5.74) is 0. The first kappa shape index (κ1) is 37.3. The van der Waals surface area contributed by atoms with Crippen molar-refractivity contribution in [2.75, 3.05) is 0 Å². The molecule has 0 aromatic rings. The van der Waals surface area contributed by atoms with Gasteiger partial charge in [-0.2, -0.15) is 0 Å². The molecule has 10 heteroatoms. The van der Waals surface area contributed by atoms with Crippen LogP contribution < -0.4 is 27.7 Å². The van der Waals surface area contributed by atoms with Crippen molar-refractivity contribution in [1.82, 2.24) is 0 Å². The summed E-state index contributed by atoms with van der Waals surface area (Å²) >= 11 is 0. The summed E-state index contributed by atoms with van der Waals surface area (Å²) in [5.74, 6) is 0. The van der Waals surface area contributed by atoms with Crippen LogP contribution in [0.4, 0.5) is 9.59 Å². The van der Waals surface area contributed by atoms with Crippen LogP contribution in [0.2, 0.25) is 0 Å². The molecule has 0 heterocycles. The van der Waals surface area contributed by atoms with Gasteiger partial charge in [-0.3, -0.25) is 0 Å². The van der Waals surface area contributed by atoms with Gasteiger partial charge in [-0.15, -0.1) is 12.4 Å². The fraction of sp³-hybridized carbons (Fsp3) is 0. The maximum Gasteiger partial charge on any atom is 2.00 e. The molecule has 0 radical (unpaired) electrons. The monoisotopic (exact) mass is 272 g/mol. The van der Waals surface area contributed by atoms with E-state index in [4.69, 9.17) is 30.0 Å². The van der Waals surface area contributed by atoms with Crippen molar-refractivity contribution in [2.24, 2.45) is 0 Å². The second kappa shape index (κ2) is 29.3. The van der Waals surface area contributed by atoms with Gasteiger partial charge in [0, 0.05) is 0 Å². The first-order valence-electron chi connectivity index (χ1n) is 1.24. The summed E-state index contributed by atoms with van der Waals surface area (Å²) in [7, 11) is 0. The summed E-state index contributed by atoms with van der Waals surface area (Å²) in [6.45, 7) is 0. The molecule has 0 fully saturated rings. The molecular weight excluding hydrogens is 271 g/mol. The maximum atomic E-state index is 8.44. The summed E-state index contributed by atoms with van der Waals surface area (Å²) in [6.07, 6.45) is -4.42. The van der Waals surface area contributed by atoms with Gasteiger partial charge in [0.15, 0.2) is 0 Å². The second-order valence-electron chi connectivity index (χ2n) is 0.516. The summed E-state index contributed by atoms with van der Waals surface area (Å²) in [4.78, 5) is 16.8. The van der Waals surface area contributed by atoms with Gasteiger partial charge in [0.2, 0.25) is 6.16 Å². The van der Waals surface area contributed by atoms with Crippen LogP contribution in [0.25, 0.3) is 0 Å². The normalized spacial score (nSPS) is 4.00. The molecule has 1 N–H and O–H groups in total. The van der Waals surface area contributed by atoms with Crippen LogP contribution in [0.3, 0.4) is 0 Å². The molecule has 0 atom stereocenters. The Hall–Kier alpha value is 1.64. The topological polar surface area (TPSA) is 124 Å². The zero-order chi connectivity index (χ0) is 7.15. The zero-order valence-electron chi connectivity index (χ0n) is 5.69. The minimum absolute atomic E-state index is 0. The van der Waals surface area contributed by atoms with Crippen molar-refractivity contribution in [3.8, 4) is 0 Å². The molecule has 0 unspecified atom stereocenters. The number of rotatable bonds is 0. The van der Waals surface area contributed by atoms with Crippen LogP contribution in [0.15, 0.2) is 0 Å². The average Bonchev–Trinajstić information content (AvgIpc) is 1.25. The van der Waals surface area contributed by atoms with E-state index < -0.39 is 12.3 Å². The standard InChI is InChI=1S/2CH2O3.2Ca.2ClH/c2*2-1(3)4;;;;/h2*(H2,2,3,4);;;2*1H/q;;2*+2;;/p-4. The van der Waals surface area contributed by atoms with Gasteiger partial charge in [0.05, 0.1) is 0 Å².